The molecule has 1 aliphatic rings. The number of anilines is 1. The van der Waals surface area contributed by atoms with Crippen molar-refractivity contribution in [3.05, 3.63) is 52.5 Å². The summed E-state index contributed by atoms with van der Waals surface area (Å²) in [5.41, 5.74) is 2.84. The molecule has 4 rings (SSSR count). The van der Waals surface area contributed by atoms with Crippen LogP contribution in [-0.2, 0) is 16.0 Å². The Morgan fingerprint density at radius 1 is 1.34 bits per heavy atom. The van der Waals surface area contributed by atoms with Crippen molar-refractivity contribution in [2.75, 3.05) is 25.2 Å². The van der Waals surface area contributed by atoms with E-state index in [2.05, 4.69) is 0 Å². The van der Waals surface area contributed by atoms with Crippen molar-refractivity contribution < 1.29 is 14.3 Å². The van der Waals surface area contributed by atoms with Crippen LogP contribution in [0.15, 0.2) is 36.4 Å². The number of methoxy groups -OCH3 is 1. The normalized spacial score (nSPS) is 16.3. The predicted octanol–water partition coefficient (Wildman–Crippen LogP) is 5.02. The molecule has 7 heteroatoms. The maximum atomic E-state index is 13.3. The van der Waals surface area contributed by atoms with Gasteiger partial charge in [0.25, 0.3) is 0 Å². The highest BCUT2D eigenvalue weighted by Gasteiger charge is 2.26. The molecule has 0 spiro atoms. The summed E-state index contributed by atoms with van der Waals surface area (Å²) >= 11 is 7.71. The summed E-state index contributed by atoms with van der Waals surface area (Å²) in [5, 5.41) is 1.37. The summed E-state index contributed by atoms with van der Waals surface area (Å²) in [4.78, 5) is 19.8. The molecule has 1 unspecified atom stereocenters. The second-order valence-corrected chi connectivity index (χ2v) is 8.68. The minimum atomic E-state index is 0.00785. The summed E-state index contributed by atoms with van der Waals surface area (Å²) in [6.45, 7) is 3.25. The number of fused-ring (bicyclic) bond motifs is 1. The molecule has 2 heterocycles. The number of aryl methyl sites for hydroxylation is 1. The molecule has 0 radical (unpaired) electrons. The fourth-order valence-electron chi connectivity index (χ4n) is 3.55. The zero-order valence-corrected chi connectivity index (χ0v) is 18.1. The van der Waals surface area contributed by atoms with E-state index in [1.54, 1.807) is 12.0 Å². The first-order chi connectivity index (χ1) is 14.0. The van der Waals surface area contributed by atoms with Gasteiger partial charge in [-0.3, -0.25) is 9.69 Å². The number of aromatic nitrogens is 1. The number of benzene rings is 2. The van der Waals surface area contributed by atoms with Crippen LogP contribution in [0.2, 0.25) is 5.02 Å². The molecule has 3 aromatic rings. The maximum Gasteiger partial charge on any atom is 0.233 e. The summed E-state index contributed by atoms with van der Waals surface area (Å²) in [6.07, 6.45) is 2.33. The Balaban J connectivity index is 1.63. The van der Waals surface area contributed by atoms with Gasteiger partial charge in [-0.05, 0) is 55.2 Å². The van der Waals surface area contributed by atoms with Gasteiger partial charge in [0.15, 0.2) is 5.13 Å². The third kappa shape index (κ3) is 4.55. The number of nitrogens with zero attached hydrogens (tertiary/aromatic N) is 2. The van der Waals surface area contributed by atoms with Crippen LogP contribution in [0.4, 0.5) is 5.13 Å². The van der Waals surface area contributed by atoms with E-state index in [-0.39, 0.29) is 12.0 Å². The van der Waals surface area contributed by atoms with Crippen LogP contribution < -0.4 is 9.64 Å². The molecule has 1 fully saturated rings. The molecule has 29 heavy (non-hydrogen) atoms. The number of thiazole rings is 1. The Labute approximate surface area is 179 Å². The smallest absolute Gasteiger partial charge is 0.233 e. The highest BCUT2D eigenvalue weighted by molar-refractivity contribution is 7.22. The highest BCUT2D eigenvalue weighted by Crippen LogP contribution is 2.34. The van der Waals surface area contributed by atoms with Gasteiger partial charge in [0.05, 0.1) is 36.4 Å². The van der Waals surface area contributed by atoms with Crippen molar-refractivity contribution in [2.24, 2.45) is 0 Å². The van der Waals surface area contributed by atoms with Crippen LogP contribution in [0.5, 0.6) is 5.75 Å². The van der Waals surface area contributed by atoms with Gasteiger partial charge in [-0.1, -0.05) is 35.1 Å². The van der Waals surface area contributed by atoms with Gasteiger partial charge in [0.2, 0.25) is 5.91 Å². The van der Waals surface area contributed by atoms with Crippen LogP contribution in [0.1, 0.15) is 24.0 Å². The molecule has 0 saturated carbocycles. The number of hydrogen-bond donors (Lipinski definition) is 0. The van der Waals surface area contributed by atoms with E-state index < -0.39 is 0 Å². The number of rotatable bonds is 6. The molecule has 2 aromatic carbocycles. The number of carbonyl (C=O) groups excluding carboxylic acids is 1. The van der Waals surface area contributed by atoms with Crippen LogP contribution in [0.25, 0.3) is 10.2 Å². The maximum absolute atomic E-state index is 13.3. The Bertz CT molecular complexity index is 1010. The van der Waals surface area contributed by atoms with E-state index in [0.29, 0.717) is 23.1 Å². The summed E-state index contributed by atoms with van der Waals surface area (Å²) in [6, 6.07) is 11.4. The Morgan fingerprint density at radius 2 is 2.14 bits per heavy atom. The largest absolute Gasteiger partial charge is 0.497 e. The molecule has 0 bridgehead atoms. The molecule has 1 aromatic heterocycles. The van der Waals surface area contributed by atoms with Crippen molar-refractivity contribution in [1.82, 2.24) is 4.98 Å². The molecule has 5 nitrogen and oxygen atoms in total. The molecule has 152 valence electrons. The third-order valence-electron chi connectivity index (χ3n) is 5.10. The van der Waals surface area contributed by atoms with Crippen molar-refractivity contribution in [2.45, 2.75) is 32.3 Å². The number of halogens is 1. The Kier molecular flexibility index (Phi) is 6.04. The average Bonchev–Trinajstić information content (AvgIpc) is 3.36. The van der Waals surface area contributed by atoms with Crippen molar-refractivity contribution in [3.8, 4) is 5.75 Å². The van der Waals surface area contributed by atoms with Crippen molar-refractivity contribution in [3.63, 3.8) is 0 Å². The van der Waals surface area contributed by atoms with Crippen LogP contribution >= 0.6 is 22.9 Å². The first kappa shape index (κ1) is 20.1. The van der Waals surface area contributed by atoms with Crippen LogP contribution in [-0.4, -0.2) is 37.3 Å². The molecule has 0 aliphatic carbocycles. The van der Waals surface area contributed by atoms with E-state index in [1.165, 1.54) is 11.3 Å². The molecule has 1 amide bonds. The second kappa shape index (κ2) is 8.69. The second-order valence-electron chi connectivity index (χ2n) is 7.23. The van der Waals surface area contributed by atoms with Crippen molar-refractivity contribution >= 4 is 44.2 Å². The first-order valence-electron chi connectivity index (χ1n) is 9.65. The van der Waals surface area contributed by atoms with E-state index in [1.807, 2.05) is 43.3 Å². The molecule has 1 aliphatic heterocycles. The van der Waals surface area contributed by atoms with E-state index in [0.717, 1.165) is 46.5 Å². The summed E-state index contributed by atoms with van der Waals surface area (Å²) < 4.78 is 12.0. The molecular formula is C22H23ClN2O3S. The monoisotopic (exact) mass is 430 g/mol. The number of ether oxygens (including phenoxy) is 2. The molecule has 0 N–H and O–H groups in total. The molecule has 1 saturated heterocycles. The van der Waals surface area contributed by atoms with Gasteiger partial charge < -0.3 is 9.47 Å². The minimum Gasteiger partial charge on any atom is -0.497 e. The lowest BCUT2D eigenvalue weighted by molar-refractivity contribution is -0.118. The first-order valence-corrected chi connectivity index (χ1v) is 10.8. The van der Waals surface area contributed by atoms with Gasteiger partial charge >= 0.3 is 0 Å². The lowest BCUT2D eigenvalue weighted by Gasteiger charge is -2.23. The van der Waals surface area contributed by atoms with E-state index in [9.17, 15) is 4.79 Å². The van der Waals surface area contributed by atoms with Crippen LogP contribution in [0.3, 0.4) is 0 Å². The zero-order valence-electron chi connectivity index (χ0n) is 16.5. The number of amides is 1. The van der Waals surface area contributed by atoms with Gasteiger partial charge in [-0.25, -0.2) is 4.98 Å². The summed E-state index contributed by atoms with van der Waals surface area (Å²) in [5.74, 6) is 0.782. The van der Waals surface area contributed by atoms with Gasteiger partial charge in [0.1, 0.15) is 5.75 Å². The Hall–Kier alpha value is -2.15. The van der Waals surface area contributed by atoms with Crippen molar-refractivity contribution in [1.29, 1.82) is 0 Å². The SMILES string of the molecule is COc1ccc(CC(=O)N(CC2CCCO2)c2nc3c(C)cc(Cl)cc3s2)cc1. The minimum absolute atomic E-state index is 0.00785. The topological polar surface area (TPSA) is 51.7 Å². The number of carbonyl (C=O) groups is 1. The third-order valence-corrected chi connectivity index (χ3v) is 6.34. The standard InChI is InChI=1S/C22H23ClN2O3S/c1-14-10-16(23)12-19-21(14)24-22(29-19)25(13-18-4-3-9-28-18)20(26)11-15-5-7-17(27-2)8-6-15/h5-8,10,12,18H,3-4,9,11,13H2,1-2H3. The summed E-state index contributed by atoms with van der Waals surface area (Å²) in [7, 11) is 1.63. The van der Waals surface area contributed by atoms with E-state index >= 15 is 0 Å². The lowest BCUT2D eigenvalue weighted by Crippen LogP contribution is -2.38. The quantitative estimate of drug-likeness (QED) is 0.550. The van der Waals surface area contributed by atoms with Gasteiger partial charge in [-0.15, -0.1) is 0 Å². The molecular weight excluding hydrogens is 408 g/mol. The van der Waals surface area contributed by atoms with Gasteiger partial charge in [0, 0.05) is 11.6 Å². The predicted molar refractivity (Wildman–Crippen MR) is 117 cm³/mol. The average molecular weight is 431 g/mol. The lowest BCUT2D eigenvalue weighted by atomic mass is 10.1. The molecule has 1 atom stereocenters. The van der Waals surface area contributed by atoms with E-state index in [4.69, 9.17) is 26.1 Å². The van der Waals surface area contributed by atoms with Crippen LogP contribution in [0, 0.1) is 6.92 Å². The number of hydrogen-bond acceptors (Lipinski definition) is 5. The van der Waals surface area contributed by atoms with Gasteiger partial charge in [-0.2, -0.15) is 0 Å². The fourth-order valence-corrected chi connectivity index (χ4v) is 5.00. The highest BCUT2D eigenvalue weighted by atomic mass is 35.5. The zero-order chi connectivity index (χ0) is 20.4. The Morgan fingerprint density at radius 3 is 2.83 bits per heavy atom. The fraction of sp³-hybridized carbons (Fsp3) is 0.364.